The highest BCUT2D eigenvalue weighted by molar-refractivity contribution is 7.89. The van der Waals surface area contributed by atoms with Crippen LogP contribution in [-0.2, 0) is 10.0 Å². The smallest absolute Gasteiger partial charge is 0.269 e. The van der Waals surface area contributed by atoms with Crippen molar-refractivity contribution in [2.45, 2.75) is 4.90 Å². The SMILES string of the molecule is C=CCNS(=O)(=O)c1ccc(C(=O)NNC(=O)c2ccc3c(c2)OCO3)cc1. The highest BCUT2D eigenvalue weighted by atomic mass is 32.2. The van der Waals surface area contributed by atoms with Crippen LogP contribution in [0.3, 0.4) is 0 Å². The topological polar surface area (TPSA) is 123 Å². The number of amides is 2. The molecule has 0 spiro atoms. The standard InChI is InChI=1S/C18H17N3O6S/c1-2-9-19-28(24,25)14-6-3-12(4-7-14)17(22)20-21-18(23)13-5-8-15-16(10-13)27-11-26-15/h2-8,10,19H,1,9,11H2,(H,20,22)(H,21,23). The molecule has 2 aromatic rings. The molecule has 10 heteroatoms. The number of nitrogens with one attached hydrogen (secondary N) is 3. The van der Waals surface area contributed by atoms with Gasteiger partial charge in [0.25, 0.3) is 11.8 Å². The summed E-state index contributed by atoms with van der Waals surface area (Å²) in [5, 5.41) is 0. The first-order valence-corrected chi connectivity index (χ1v) is 9.60. The lowest BCUT2D eigenvalue weighted by Gasteiger charge is -2.09. The maximum absolute atomic E-state index is 12.2. The van der Waals surface area contributed by atoms with Gasteiger partial charge in [-0.05, 0) is 42.5 Å². The second kappa shape index (κ2) is 8.11. The Hall–Kier alpha value is -3.37. The number of rotatable bonds is 6. The van der Waals surface area contributed by atoms with Gasteiger partial charge in [0.15, 0.2) is 11.5 Å². The third-order valence-electron chi connectivity index (χ3n) is 3.77. The second-order valence-corrected chi connectivity index (χ2v) is 7.41. The first kappa shape index (κ1) is 19.4. The third kappa shape index (κ3) is 4.30. The van der Waals surface area contributed by atoms with E-state index in [1.807, 2.05) is 0 Å². The highest BCUT2D eigenvalue weighted by Gasteiger charge is 2.17. The van der Waals surface area contributed by atoms with Gasteiger partial charge in [-0.15, -0.1) is 6.58 Å². The maximum atomic E-state index is 12.2. The van der Waals surface area contributed by atoms with Crippen molar-refractivity contribution in [1.29, 1.82) is 0 Å². The van der Waals surface area contributed by atoms with Gasteiger partial charge in [-0.25, -0.2) is 13.1 Å². The lowest BCUT2D eigenvalue weighted by atomic mass is 10.2. The van der Waals surface area contributed by atoms with Crippen LogP contribution in [0.5, 0.6) is 11.5 Å². The molecular weight excluding hydrogens is 386 g/mol. The van der Waals surface area contributed by atoms with Crippen LogP contribution in [0.25, 0.3) is 0 Å². The average molecular weight is 403 g/mol. The Bertz CT molecular complexity index is 1020. The Morgan fingerprint density at radius 3 is 2.25 bits per heavy atom. The highest BCUT2D eigenvalue weighted by Crippen LogP contribution is 2.32. The summed E-state index contributed by atoms with van der Waals surface area (Å²) in [4.78, 5) is 24.3. The normalized spacial score (nSPS) is 12.3. The average Bonchev–Trinajstić information content (AvgIpc) is 3.18. The molecule has 0 aromatic heterocycles. The molecule has 0 fully saturated rings. The number of hydrogen-bond donors (Lipinski definition) is 3. The van der Waals surface area contributed by atoms with Gasteiger partial charge in [0.2, 0.25) is 16.8 Å². The molecule has 3 rings (SSSR count). The largest absolute Gasteiger partial charge is 0.454 e. The van der Waals surface area contributed by atoms with Crippen LogP contribution in [0.2, 0.25) is 0 Å². The van der Waals surface area contributed by atoms with Crippen LogP contribution < -0.4 is 25.0 Å². The van der Waals surface area contributed by atoms with Crippen molar-refractivity contribution in [1.82, 2.24) is 15.6 Å². The molecular formula is C18H17N3O6S. The predicted octanol–water partition coefficient (Wildman–Crippen LogP) is 0.954. The van der Waals surface area contributed by atoms with Gasteiger partial charge in [0, 0.05) is 17.7 Å². The minimum absolute atomic E-state index is 0.00953. The molecule has 0 radical (unpaired) electrons. The summed E-state index contributed by atoms with van der Waals surface area (Å²) < 4.78 is 36.7. The lowest BCUT2D eigenvalue weighted by molar-refractivity contribution is 0.0846. The number of fused-ring (bicyclic) bond motifs is 1. The van der Waals surface area contributed by atoms with Crippen molar-refractivity contribution >= 4 is 21.8 Å². The summed E-state index contributed by atoms with van der Waals surface area (Å²) in [6.07, 6.45) is 1.42. The molecule has 0 saturated heterocycles. The zero-order valence-corrected chi connectivity index (χ0v) is 15.4. The van der Waals surface area contributed by atoms with Crippen molar-refractivity contribution in [2.75, 3.05) is 13.3 Å². The van der Waals surface area contributed by atoms with Gasteiger partial charge in [0.05, 0.1) is 4.90 Å². The van der Waals surface area contributed by atoms with E-state index in [1.165, 1.54) is 42.5 Å². The fourth-order valence-corrected chi connectivity index (χ4v) is 3.33. The van der Waals surface area contributed by atoms with Gasteiger partial charge >= 0.3 is 0 Å². The first-order valence-electron chi connectivity index (χ1n) is 8.11. The summed E-state index contributed by atoms with van der Waals surface area (Å²) in [5.41, 5.74) is 5.00. The molecule has 0 bridgehead atoms. The van der Waals surface area contributed by atoms with E-state index < -0.39 is 21.8 Å². The van der Waals surface area contributed by atoms with Crippen molar-refractivity contribution in [3.05, 3.63) is 66.2 Å². The van der Waals surface area contributed by atoms with E-state index in [-0.39, 0.29) is 29.4 Å². The van der Waals surface area contributed by atoms with Crippen molar-refractivity contribution < 1.29 is 27.5 Å². The summed E-state index contributed by atoms with van der Waals surface area (Å²) in [7, 11) is -3.68. The van der Waals surface area contributed by atoms with Gasteiger partial charge in [-0.2, -0.15) is 0 Å². The Balaban J connectivity index is 1.60. The summed E-state index contributed by atoms with van der Waals surface area (Å²) in [6.45, 7) is 3.62. The second-order valence-electron chi connectivity index (χ2n) is 5.64. The number of carbonyl (C=O) groups excluding carboxylic acids is 2. The molecule has 1 aliphatic rings. The third-order valence-corrected chi connectivity index (χ3v) is 5.21. The zero-order valence-electron chi connectivity index (χ0n) is 14.6. The molecule has 2 aromatic carbocycles. The molecule has 0 atom stereocenters. The minimum atomic E-state index is -3.68. The van der Waals surface area contributed by atoms with E-state index >= 15 is 0 Å². The van der Waals surface area contributed by atoms with E-state index in [1.54, 1.807) is 6.07 Å². The summed E-state index contributed by atoms with van der Waals surface area (Å²) in [5.74, 6) is -0.157. The van der Waals surface area contributed by atoms with Crippen molar-refractivity contribution in [3.63, 3.8) is 0 Å². The monoisotopic (exact) mass is 403 g/mol. The molecule has 0 saturated carbocycles. The molecule has 2 amide bonds. The Morgan fingerprint density at radius 2 is 1.57 bits per heavy atom. The quantitative estimate of drug-likeness (QED) is 0.488. The molecule has 0 aliphatic carbocycles. The molecule has 9 nitrogen and oxygen atoms in total. The summed E-state index contributed by atoms with van der Waals surface area (Å²) in [6, 6.07) is 9.89. The molecule has 146 valence electrons. The lowest BCUT2D eigenvalue weighted by Crippen LogP contribution is -2.41. The van der Waals surface area contributed by atoms with E-state index in [0.29, 0.717) is 11.5 Å². The van der Waals surface area contributed by atoms with Crippen LogP contribution in [0, 0.1) is 0 Å². The van der Waals surface area contributed by atoms with Crippen LogP contribution >= 0.6 is 0 Å². The van der Waals surface area contributed by atoms with E-state index in [0.717, 1.165) is 0 Å². The van der Waals surface area contributed by atoms with E-state index in [9.17, 15) is 18.0 Å². The molecule has 3 N–H and O–H groups in total. The minimum Gasteiger partial charge on any atom is -0.454 e. The summed E-state index contributed by atoms with van der Waals surface area (Å²) >= 11 is 0. The Kier molecular flexibility index (Phi) is 5.62. The van der Waals surface area contributed by atoms with Crippen molar-refractivity contribution in [2.24, 2.45) is 0 Å². The van der Waals surface area contributed by atoms with Gasteiger partial charge < -0.3 is 9.47 Å². The predicted molar refractivity (Wildman–Crippen MR) is 99.3 cm³/mol. The maximum Gasteiger partial charge on any atom is 0.269 e. The number of ether oxygens (including phenoxy) is 2. The first-order chi connectivity index (χ1) is 13.4. The Morgan fingerprint density at radius 1 is 0.964 bits per heavy atom. The van der Waals surface area contributed by atoms with Gasteiger partial charge in [-0.3, -0.25) is 20.4 Å². The number of benzene rings is 2. The molecule has 1 aliphatic heterocycles. The van der Waals surface area contributed by atoms with Crippen LogP contribution in [-0.4, -0.2) is 33.6 Å². The fourth-order valence-electron chi connectivity index (χ4n) is 2.33. The number of hydrogen-bond acceptors (Lipinski definition) is 6. The van der Waals surface area contributed by atoms with Gasteiger partial charge in [0.1, 0.15) is 0 Å². The van der Waals surface area contributed by atoms with Gasteiger partial charge in [-0.1, -0.05) is 6.08 Å². The number of hydrazine groups is 1. The fraction of sp³-hybridized carbons (Fsp3) is 0.111. The molecule has 0 unspecified atom stereocenters. The van der Waals surface area contributed by atoms with Crippen molar-refractivity contribution in [3.8, 4) is 11.5 Å². The van der Waals surface area contributed by atoms with Crippen LogP contribution in [0.4, 0.5) is 0 Å². The number of sulfonamides is 1. The zero-order chi connectivity index (χ0) is 20.1. The number of carbonyl (C=O) groups is 2. The molecule has 1 heterocycles. The van der Waals surface area contributed by atoms with Crippen LogP contribution in [0.15, 0.2) is 60.0 Å². The van der Waals surface area contributed by atoms with E-state index in [4.69, 9.17) is 9.47 Å². The Labute approximate surface area is 161 Å². The van der Waals surface area contributed by atoms with Crippen LogP contribution in [0.1, 0.15) is 20.7 Å². The van der Waals surface area contributed by atoms with E-state index in [2.05, 4.69) is 22.2 Å². The molecule has 28 heavy (non-hydrogen) atoms.